The number of unbranched alkanes of at least 4 members (excludes halogenated alkanes) is 1. The molecule has 0 aliphatic heterocycles. The first-order valence-corrected chi connectivity index (χ1v) is 49.1. The molecule has 0 saturated carbocycles. The highest BCUT2D eigenvalue weighted by Crippen LogP contribution is 2.18. The molecule has 0 saturated heterocycles. The zero-order chi connectivity index (χ0) is 113. The Morgan fingerprint density at radius 3 is 0.912 bits per heavy atom. The average Bonchev–Trinajstić information content (AvgIpc) is 0.925. The van der Waals surface area contributed by atoms with E-state index in [4.69, 9.17) is 28.7 Å². The first-order chi connectivity index (χ1) is 69.2. The van der Waals surface area contributed by atoms with Gasteiger partial charge in [0.2, 0.25) is 136 Å². The molecule has 0 unspecified atom stereocenters. The van der Waals surface area contributed by atoms with Gasteiger partial charge < -0.3 is 171 Å². The van der Waals surface area contributed by atoms with Gasteiger partial charge in [-0.3, -0.25) is 125 Å². The Balaban J connectivity index is 7.02. The predicted octanol–water partition coefficient (Wildman–Crippen LogP) is -13.2. The van der Waals surface area contributed by atoms with Crippen molar-refractivity contribution in [1.82, 2.24) is 106 Å². The molecule has 0 bridgehead atoms. The number of rotatable bonds is 76. The van der Waals surface area contributed by atoms with Crippen LogP contribution in [0.4, 0.5) is 0 Å². The summed E-state index contributed by atoms with van der Waals surface area (Å²) in [7, 11) is 0. The van der Waals surface area contributed by atoms with Crippen LogP contribution in [0.2, 0.25) is 0 Å². The standard InChI is InChI=1S/C87H147N25O34S2/c1-12-43(10)70(112-84(142)53(26-42(8)9)107-85(143)59(35-115)111-78(136)49(18-21-68(125)126)103-81(139)54(27-62(91)118)109-80(138)52(25-41(6)7)105-82(140)55(28-63(92)119)108-75(133)46(15-13-14-22-88)100-71(129)45(89)36-147)86(144)110-56(29-69(127)128)83(141)106-51(24-40(4)5)79(137)102-47(16-19-61(90)117)76(134)101-48(17-20-67(123)124)77(135)104-50(23-39(2)3)72(130)93-30-64(120)97-57(33-113)73(131)94-31-65(121)98-58(34-114)74(132)95-32-66(122)99-60(87(145)146)37-148-38-96-44(11)116/h39-43,45-60,70,113-115,147H,12-38,88-89H2,1-11H3,(H2,90,117)(H2,91,118)(H2,92,119)(H,93,130)(H,94,131)(H,95,132)(H,96,116)(H,97,120)(H,98,121)(H,99,122)(H,100,129)(H,101,134)(H,102,137)(H,103,139)(H,104,135)(H,105,140)(H,106,141)(H,107,143)(H,108,133)(H,109,138)(H,110,144)(H,111,136)(H,112,142)(H,123,124)(H,125,126)(H,127,128)(H,145,146)/t43-,45-,46-,47-,48-,49-,50-,51-,52-,53-,54-,55-,56-,57-,58-,59-,60-,70-/m0/s1. The minimum atomic E-state index is -2.13. The van der Waals surface area contributed by atoms with Gasteiger partial charge in [-0.05, 0) is 100 Å². The summed E-state index contributed by atoms with van der Waals surface area (Å²) in [6, 6.07) is -30.0. The third kappa shape index (κ3) is 55.7. The number of carbonyl (C=O) groups is 27. The molecule has 23 amide bonds. The molecular formula is C87H147N25O34S2. The Morgan fingerprint density at radius 1 is 0.311 bits per heavy atom. The van der Waals surface area contributed by atoms with Crippen molar-refractivity contribution in [2.24, 2.45) is 58.3 Å². The molecule has 0 radical (unpaired) electrons. The van der Waals surface area contributed by atoms with Crippen LogP contribution in [0, 0.1) is 29.6 Å². The maximum atomic E-state index is 14.6. The maximum Gasteiger partial charge on any atom is 0.327 e. The molecule has 18 atom stereocenters. The van der Waals surface area contributed by atoms with Crippen LogP contribution in [0.3, 0.4) is 0 Å². The summed E-state index contributed by atoms with van der Waals surface area (Å²) < 4.78 is 0. The van der Waals surface area contributed by atoms with Gasteiger partial charge >= 0.3 is 23.9 Å². The van der Waals surface area contributed by atoms with Gasteiger partial charge in [-0.25, -0.2) is 4.79 Å². The van der Waals surface area contributed by atoms with E-state index in [1.54, 1.807) is 62.3 Å². The Morgan fingerprint density at radius 2 is 0.595 bits per heavy atom. The van der Waals surface area contributed by atoms with E-state index in [0.717, 1.165) is 11.8 Å². The van der Waals surface area contributed by atoms with Crippen molar-refractivity contribution < 1.29 is 165 Å². The van der Waals surface area contributed by atoms with Crippen LogP contribution >= 0.6 is 24.4 Å². The summed E-state index contributed by atoms with van der Waals surface area (Å²) in [5, 5.41) is 115. The minimum absolute atomic E-state index is 0.0215. The number of carboxylic acids is 4. The number of primary amides is 3. The largest absolute Gasteiger partial charge is 0.481 e. The SMILES string of the molecule is CC[C@H](C)[C@H](NC(=O)[C@H](CC(C)C)NC(=O)[C@H](CO)NC(=O)[C@H](CCC(=O)O)NC(=O)[C@H](CC(N)=O)NC(=O)[C@H](CC(C)C)NC(=O)[C@H](CC(N)=O)NC(=O)[C@H](CCCCN)NC(=O)[C@@H](N)CS)C(=O)N[C@@H](CC(=O)O)C(=O)N[C@@H](CC(C)C)C(=O)N[C@@H](CCC(N)=O)C(=O)N[C@@H](CCC(=O)O)C(=O)N[C@@H](CC(C)C)C(=O)NCC(=O)N[C@@H](CO)C(=O)NCC(=O)N[C@@H](CO)C(=O)NCC(=O)N[C@@H](CSCNC(C)=O)C(=O)O. The normalized spacial score (nSPS) is 14.7. The summed E-state index contributed by atoms with van der Waals surface area (Å²) in [6.45, 7) is 10.8. The third-order valence-electron chi connectivity index (χ3n) is 21.3. The van der Waals surface area contributed by atoms with Crippen molar-refractivity contribution >= 4 is 184 Å². The Bertz CT molecular complexity index is 4580. The van der Waals surface area contributed by atoms with Gasteiger partial charge in [-0.1, -0.05) is 75.7 Å². The summed E-state index contributed by atoms with van der Waals surface area (Å²) in [5.74, 6) is -35.9. The van der Waals surface area contributed by atoms with Crippen LogP contribution in [0.25, 0.3) is 0 Å². The average molecular weight is 2150 g/mol. The monoisotopic (exact) mass is 2150 g/mol. The van der Waals surface area contributed by atoms with Gasteiger partial charge in [0.05, 0.1) is 70.6 Å². The number of thiol groups is 1. The van der Waals surface area contributed by atoms with Gasteiger partial charge in [-0.15, -0.1) is 11.8 Å². The number of carbonyl (C=O) groups excluding carboxylic acids is 23. The maximum absolute atomic E-state index is 14.6. The molecule has 0 aliphatic rings. The molecule has 59 nitrogen and oxygen atoms in total. The first-order valence-electron chi connectivity index (χ1n) is 47.3. The van der Waals surface area contributed by atoms with Gasteiger partial charge in [0, 0.05) is 37.7 Å². The van der Waals surface area contributed by atoms with Crippen LogP contribution < -0.4 is 135 Å². The molecular weight excluding hydrogens is 2000 g/mol. The lowest BCUT2D eigenvalue weighted by atomic mass is 9.96. The fraction of sp³-hybridized carbons (Fsp3) is 0.690. The van der Waals surface area contributed by atoms with Crippen LogP contribution in [0.5, 0.6) is 0 Å². The van der Waals surface area contributed by atoms with E-state index in [1.165, 1.54) is 13.8 Å². The Hall–Kier alpha value is -13.8. The van der Waals surface area contributed by atoms with Crippen molar-refractivity contribution in [3.05, 3.63) is 0 Å². The number of hydrogen-bond acceptors (Lipinski definition) is 34. The number of nitrogens with one attached hydrogen (secondary N) is 20. The molecule has 836 valence electrons. The number of nitrogens with two attached hydrogens (primary N) is 5. The highest BCUT2D eigenvalue weighted by atomic mass is 32.2. The van der Waals surface area contributed by atoms with Gasteiger partial charge in [0.15, 0.2) is 0 Å². The van der Waals surface area contributed by atoms with Crippen molar-refractivity contribution in [2.75, 3.05) is 63.4 Å². The molecule has 0 fully saturated rings. The number of hydrogen-bond donors (Lipinski definition) is 33. The molecule has 0 spiro atoms. The summed E-state index contributed by atoms with van der Waals surface area (Å²) in [6.07, 6.45) is -8.19. The third-order valence-corrected chi connectivity index (χ3v) is 22.6. The van der Waals surface area contributed by atoms with E-state index in [9.17, 15) is 165 Å². The number of carboxylic acid groups (broad SMARTS) is 4. The summed E-state index contributed by atoms with van der Waals surface area (Å²) >= 11 is 4.96. The van der Waals surface area contributed by atoms with E-state index < -0.39 is 389 Å². The lowest BCUT2D eigenvalue weighted by molar-refractivity contribution is -0.142. The van der Waals surface area contributed by atoms with Crippen LogP contribution in [-0.4, -0.2) is 362 Å². The molecule has 0 aromatic rings. The Labute approximate surface area is 861 Å². The second-order valence-corrected chi connectivity index (χ2v) is 37.5. The van der Waals surface area contributed by atoms with Crippen molar-refractivity contribution in [2.45, 2.75) is 288 Å². The topological polar surface area (TPSA) is 973 Å². The predicted molar refractivity (Wildman–Crippen MR) is 524 cm³/mol. The van der Waals surface area contributed by atoms with Gasteiger partial charge in [-0.2, -0.15) is 12.6 Å². The second-order valence-electron chi connectivity index (χ2n) is 36.2. The van der Waals surface area contributed by atoms with E-state index in [1.807, 2.05) is 0 Å². The second kappa shape index (κ2) is 70.9. The molecule has 0 aliphatic carbocycles. The van der Waals surface area contributed by atoms with Crippen LogP contribution in [0.15, 0.2) is 0 Å². The molecule has 37 N–H and O–H groups in total. The molecule has 0 aromatic heterocycles. The zero-order valence-corrected chi connectivity index (χ0v) is 85.9. The lowest BCUT2D eigenvalue weighted by Gasteiger charge is -2.30. The number of aliphatic hydroxyl groups excluding tert-OH is 3. The number of aliphatic carboxylic acids is 4. The number of amides is 23. The fourth-order valence-electron chi connectivity index (χ4n) is 13.4. The van der Waals surface area contributed by atoms with Gasteiger partial charge in [0.1, 0.15) is 96.7 Å². The number of thioether (sulfide) groups is 1. The first kappa shape index (κ1) is 134. The lowest BCUT2D eigenvalue weighted by Crippen LogP contribution is -2.62. The van der Waals surface area contributed by atoms with E-state index in [0.29, 0.717) is 6.42 Å². The molecule has 0 aromatic carbocycles. The van der Waals surface area contributed by atoms with E-state index in [2.05, 4.69) is 119 Å². The van der Waals surface area contributed by atoms with Crippen LogP contribution in [0.1, 0.15) is 185 Å². The highest BCUT2D eigenvalue weighted by molar-refractivity contribution is 7.99. The minimum Gasteiger partial charge on any atom is -0.481 e. The van der Waals surface area contributed by atoms with Gasteiger partial charge in [0.25, 0.3) is 0 Å². The zero-order valence-electron chi connectivity index (χ0n) is 84.2. The molecule has 0 rings (SSSR count). The molecule has 148 heavy (non-hydrogen) atoms. The van der Waals surface area contributed by atoms with Crippen molar-refractivity contribution in [1.29, 1.82) is 0 Å². The Kier molecular flexibility index (Phi) is 64.3. The van der Waals surface area contributed by atoms with E-state index in [-0.39, 0.29) is 68.9 Å². The van der Waals surface area contributed by atoms with Crippen LogP contribution in [-0.2, 0) is 129 Å². The van der Waals surface area contributed by atoms with Crippen molar-refractivity contribution in [3.63, 3.8) is 0 Å². The van der Waals surface area contributed by atoms with E-state index >= 15 is 0 Å². The quantitative estimate of drug-likeness (QED) is 0.0153. The fourth-order valence-corrected chi connectivity index (χ4v) is 14.5. The van der Waals surface area contributed by atoms with Crippen molar-refractivity contribution in [3.8, 4) is 0 Å². The molecule has 61 heteroatoms. The molecule has 0 heterocycles. The highest BCUT2D eigenvalue weighted by Gasteiger charge is 2.42. The summed E-state index contributed by atoms with van der Waals surface area (Å²) in [4.78, 5) is 359. The smallest absolute Gasteiger partial charge is 0.327 e. The number of aliphatic hydroxyl groups is 3. The summed E-state index contributed by atoms with van der Waals surface area (Å²) in [5.41, 5.74) is 27.8.